The van der Waals surface area contributed by atoms with E-state index < -0.39 is 9.84 Å². The number of hydrogen-bond donors (Lipinski definition) is 0. The fourth-order valence-electron chi connectivity index (χ4n) is 2.08. The molecule has 3 aromatic rings. The van der Waals surface area contributed by atoms with E-state index in [9.17, 15) is 8.42 Å². The molecule has 0 saturated heterocycles. The molecule has 0 fully saturated rings. The molecule has 0 radical (unpaired) electrons. The highest BCUT2D eigenvalue weighted by Crippen LogP contribution is 2.31. The van der Waals surface area contributed by atoms with E-state index in [1.165, 1.54) is 6.26 Å². The van der Waals surface area contributed by atoms with Gasteiger partial charge in [0.05, 0.1) is 17.7 Å². The number of aromatic nitrogens is 4. The SMILES string of the molecule is CC(c1cnn(C)c1)c1nc(-c2ccsc2S(C)(=O)=O)no1. The average Bonchev–Trinajstić information content (AvgIpc) is 3.16. The number of rotatable bonds is 4. The van der Waals surface area contributed by atoms with Gasteiger partial charge in [-0.15, -0.1) is 11.3 Å². The molecule has 0 N–H and O–H groups in total. The van der Waals surface area contributed by atoms with E-state index >= 15 is 0 Å². The van der Waals surface area contributed by atoms with E-state index in [1.54, 1.807) is 22.3 Å². The molecule has 0 aromatic carbocycles. The topological polar surface area (TPSA) is 90.9 Å². The van der Waals surface area contributed by atoms with Crippen molar-refractivity contribution in [1.82, 2.24) is 19.9 Å². The van der Waals surface area contributed by atoms with Crippen molar-refractivity contribution in [2.24, 2.45) is 7.05 Å². The Morgan fingerprint density at radius 1 is 1.41 bits per heavy atom. The van der Waals surface area contributed by atoms with Crippen molar-refractivity contribution in [2.75, 3.05) is 6.26 Å². The molecule has 0 aliphatic rings. The molecule has 3 aromatic heterocycles. The molecule has 7 nitrogen and oxygen atoms in total. The van der Waals surface area contributed by atoms with Gasteiger partial charge in [0.2, 0.25) is 11.7 Å². The summed E-state index contributed by atoms with van der Waals surface area (Å²) in [5.41, 5.74) is 1.42. The fraction of sp³-hybridized carbons (Fsp3) is 0.308. The highest BCUT2D eigenvalue weighted by Gasteiger charge is 2.23. The van der Waals surface area contributed by atoms with Gasteiger partial charge >= 0.3 is 0 Å². The van der Waals surface area contributed by atoms with E-state index in [4.69, 9.17) is 4.52 Å². The van der Waals surface area contributed by atoms with E-state index in [0.29, 0.717) is 11.5 Å². The maximum Gasteiger partial charge on any atom is 0.234 e. The van der Waals surface area contributed by atoms with Crippen LogP contribution in [-0.2, 0) is 16.9 Å². The lowest BCUT2D eigenvalue weighted by Crippen LogP contribution is -1.97. The molecule has 1 atom stereocenters. The van der Waals surface area contributed by atoms with Gasteiger partial charge in [-0.3, -0.25) is 4.68 Å². The second-order valence-electron chi connectivity index (χ2n) is 5.02. The second kappa shape index (κ2) is 5.33. The molecule has 3 heterocycles. The van der Waals surface area contributed by atoms with E-state index in [2.05, 4.69) is 15.2 Å². The summed E-state index contributed by atoms with van der Waals surface area (Å²) in [6, 6.07) is 1.68. The highest BCUT2D eigenvalue weighted by atomic mass is 32.2. The fourth-order valence-corrected chi connectivity index (χ4v) is 4.11. The lowest BCUT2D eigenvalue weighted by molar-refractivity contribution is 0.371. The molecule has 0 bridgehead atoms. The minimum absolute atomic E-state index is 0.115. The molecule has 1 unspecified atom stereocenters. The molecule has 0 saturated carbocycles. The van der Waals surface area contributed by atoms with Crippen LogP contribution in [0.3, 0.4) is 0 Å². The molecule has 0 spiro atoms. The summed E-state index contributed by atoms with van der Waals surface area (Å²) < 4.78 is 30.8. The largest absolute Gasteiger partial charge is 0.338 e. The molecule has 3 rings (SSSR count). The average molecular weight is 338 g/mol. The van der Waals surface area contributed by atoms with Gasteiger partial charge in [0.25, 0.3) is 0 Å². The Balaban J connectivity index is 1.97. The van der Waals surface area contributed by atoms with Crippen LogP contribution in [0.4, 0.5) is 0 Å². The van der Waals surface area contributed by atoms with Gasteiger partial charge in [-0.25, -0.2) is 8.42 Å². The smallest absolute Gasteiger partial charge is 0.234 e. The first-order chi connectivity index (χ1) is 10.4. The summed E-state index contributed by atoms with van der Waals surface area (Å²) in [6.07, 6.45) is 4.78. The third-order valence-corrected chi connectivity index (χ3v) is 6.04. The first kappa shape index (κ1) is 14.9. The Morgan fingerprint density at radius 3 is 2.82 bits per heavy atom. The Kier molecular flexibility index (Phi) is 3.61. The maximum atomic E-state index is 11.8. The van der Waals surface area contributed by atoms with Crippen LogP contribution in [0.2, 0.25) is 0 Å². The zero-order valence-electron chi connectivity index (χ0n) is 12.2. The van der Waals surface area contributed by atoms with Crippen molar-refractivity contribution < 1.29 is 12.9 Å². The summed E-state index contributed by atoms with van der Waals surface area (Å²) in [5.74, 6) is 0.594. The van der Waals surface area contributed by atoms with Crippen molar-refractivity contribution in [2.45, 2.75) is 17.1 Å². The van der Waals surface area contributed by atoms with Crippen molar-refractivity contribution in [3.63, 3.8) is 0 Å². The Labute approximate surface area is 131 Å². The zero-order valence-corrected chi connectivity index (χ0v) is 13.8. The van der Waals surface area contributed by atoms with Crippen molar-refractivity contribution in [1.29, 1.82) is 0 Å². The van der Waals surface area contributed by atoms with Crippen LogP contribution < -0.4 is 0 Å². The summed E-state index contributed by atoms with van der Waals surface area (Å²) in [7, 11) is -1.48. The van der Waals surface area contributed by atoms with E-state index in [-0.39, 0.29) is 16.0 Å². The second-order valence-corrected chi connectivity index (χ2v) is 8.15. The van der Waals surface area contributed by atoms with Crippen LogP contribution in [0.1, 0.15) is 24.3 Å². The summed E-state index contributed by atoms with van der Waals surface area (Å²) >= 11 is 1.15. The summed E-state index contributed by atoms with van der Waals surface area (Å²) in [5, 5.41) is 9.73. The predicted octanol–water partition coefficient (Wildman–Crippen LogP) is 2.09. The Morgan fingerprint density at radius 2 is 2.18 bits per heavy atom. The third-order valence-electron chi connectivity index (χ3n) is 3.24. The minimum atomic E-state index is -3.31. The van der Waals surface area contributed by atoms with Crippen molar-refractivity contribution in [3.05, 3.63) is 35.3 Å². The maximum absolute atomic E-state index is 11.8. The summed E-state index contributed by atoms with van der Waals surface area (Å²) in [4.78, 5) is 4.34. The van der Waals surface area contributed by atoms with Crippen LogP contribution in [0.15, 0.2) is 32.6 Å². The van der Waals surface area contributed by atoms with Crippen LogP contribution in [0.5, 0.6) is 0 Å². The normalized spacial score (nSPS) is 13.4. The molecular weight excluding hydrogens is 324 g/mol. The lowest BCUT2D eigenvalue weighted by atomic mass is 10.1. The molecule has 9 heteroatoms. The molecule has 22 heavy (non-hydrogen) atoms. The van der Waals surface area contributed by atoms with Gasteiger partial charge in [0.15, 0.2) is 9.84 Å². The van der Waals surface area contributed by atoms with Crippen molar-refractivity contribution in [3.8, 4) is 11.4 Å². The van der Waals surface area contributed by atoms with Gasteiger partial charge in [-0.2, -0.15) is 10.1 Å². The van der Waals surface area contributed by atoms with Crippen LogP contribution >= 0.6 is 11.3 Å². The molecular formula is C13H14N4O3S2. The number of aryl methyl sites for hydroxylation is 1. The lowest BCUT2D eigenvalue weighted by Gasteiger charge is -2.01. The predicted molar refractivity (Wildman–Crippen MR) is 81.4 cm³/mol. The number of thiophene rings is 1. The van der Waals surface area contributed by atoms with E-state index in [0.717, 1.165) is 16.9 Å². The standard InChI is InChI=1S/C13H14N4O3S2/c1-8(9-6-14-17(2)7-9)12-15-11(16-20-12)10-4-5-21-13(10)22(3,18)19/h4-8H,1-3H3. The first-order valence-electron chi connectivity index (χ1n) is 6.46. The number of hydrogen-bond acceptors (Lipinski definition) is 7. The van der Waals surface area contributed by atoms with Gasteiger partial charge in [-0.05, 0) is 18.4 Å². The van der Waals surface area contributed by atoms with Crippen LogP contribution in [0, 0.1) is 0 Å². The molecule has 0 aliphatic heterocycles. The minimum Gasteiger partial charge on any atom is -0.338 e. The Bertz CT molecular complexity index is 907. The van der Waals surface area contributed by atoms with Gasteiger partial charge in [-0.1, -0.05) is 5.16 Å². The molecule has 0 aliphatic carbocycles. The first-order valence-corrected chi connectivity index (χ1v) is 9.23. The van der Waals surface area contributed by atoms with E-state index in [1.807, 2.05) is 20.2 Å². The molecule has 116 valence electrons. The van der Waals surface area contributed by atoms with Crippen molar-refractivity contribution >= 4 is 21.2 Å². The van der Waals surface area contributed by atoms with Gasteiger partial charge in [0, 0.05) is 25.1 Å². The Hall–Kier alpha value is -2.00. The van der Waals surface area contributed by atoms with Crippen LogP contribution in [-0.4, -0.2) is 34.6 Å². The monoisotopic (exact) mass is 338 g/mol. The van der Waals surface area contributed by atoms with Crippen LogP contribution in [0.25, 0.3) is 11.4 Å². The summed E-state index contributed by atoms with van der Waals surface area (Å²) in [6.45, 7) is 1.93. The third kappa shape index (κ3) is 2.69. The zero-order chi connectivity index (χ0) is 15.9. The van der Waals surface area contributed by atoms with Gasteiger partial charge in [0.1, 0.15) is 4.21 Å². The highest BCUT2D eigenvalue weighted by molar-refractivity contribution is 7.92. The van der Waals surface area contributed by atoms with Gasteiger partial charge < -0.3 is 4.52 Å². The quantitative estimate of drug-likeness (QED) is 0.723. The number of nitrogens with zero attached hydrogens (tertiary/aromatic N) is 4. The molecule has 0 amide bonds. The number of sulfone groups is 1.